The minimum atomic E-state index is -1.51. The zero-order valence-electron chi connectivity index (χ0n) is 20.9. The molecule has 34 heavy (non-hydrogen) atoms. The highest BCUT2D eigenvalue weighted by molar-refractivity contribution is 7.91. The molecule has 2 aliphatic rings. The molecule has 1 aromatic heterocycles. The summed E-state index contributed by atoms with van der Waals surface area (Å²) in [6, 6.07) is 2.14. The summed E-state index contributed by atoms with van der Waals surface area (Å²) in [5, 5.41) is 2.68. The topological polar surface area (TPSA) is 110 Å². The van der Waals surface area contributed by atoms with Gasteiger partial charge in [-0.15, -0.1) is 0 Å². The van der Waals surface area contributed by atoms with Gasteiger partial charge in [0.2, 0.25) is 0 Å². The molecule has 0 saturated carbocycles. The number of anilines is 1. The summed E-state index contributed by atoms with van der Waals surface area (Å²) in [7, 11) is 1.30. The zero-order valence-corrected chi connectivity index (χ0v) is 21.7. The van der Waals surface area contributed by atoms with Gasteiger partial charge in [0, 0.05) is 31.2 Å². The summed E-state index contributed by atoms with van der Waals surface area (Å²) in [4.78, 5) is 34.4. The van der Waals surface area contributed by atoms with Gasteiger partial charge in [-0.05, 0) is 65.9 Å². The molecule has 188 valence electrons. The van der Waals surface area contributed by atoms with Gasteiger partial charge in [0.15, 0.2) is 0 Å². The first-order valence-electron chi connectivity index (χ1n) is 12.0. The Morgan fingerprint density at radius 3 is 2.56 bits per heavy atom. The second-order valence-corrected chi connectivity index (χ2v) is 11.8. The predicted octanol–water partition coefficient (Wildman–Crippen LogP) is 3.43. The van der Waals surface area contributed by atoms with E-state index in [-0.39, 0.29) is 12.5 Å². The fourth-order valence-electron chi connectivity index (χ4n) is 4.22. The van der Waals surface area contributed by atoms with Gasteiger partial charge in [0.05, 0.1) is 31.1 Å². The maximum atomic E-state index is 13.7. The van der Waals surface area contributed by atoms with Crippen LogP contribution in [0.1, 0.15) is 81.4 Å². The maximum absolute atomic E-state index is 13.7. The van der Waals surface area contributed by atoms with E-state index in [1.165, 1.54) is 13.3 Å². The van der Waals surface area contributed by atoms with Gasteiger partial charge in [0.25, 0.3) is 5.91 Å². The molecule has 0 aromatic carbocycles. The third-order valence-corrected chi connectivity index (χ3v) is 7.58. The monoisotopic (exact) mass is 491 g/mol. The molecule has 0 bridgehead atoms. The van der Waals surface area contributed by atoms with E-state index in [1.807, 2.05) is 31.7 Å². The molecular weight excluding hydrogens is 454 g/mol. The van der Waals surface area contributed by atoms with Crippen molar-refractivity contribution < 1.29 is 18.9 Å². The molecule has 2 amide bonds. The third-order valence-electron chi connectivity index (χ3n) is 6.23. The van der Waals surface area contributed by atoms with E-state index in [4.69, 9.17) is 9.72 Å². The van der Waals surface area contributed by atoms with Crippen LogP contribution in [-0.4, -0.2) is 70.2 Å². The molecule has 2 fully saturated rings. The van der Waals surface area contributed by atoms with Crippen LogP contribution in [0, 0.1) is 0 Å². The molecule has 1 aromatic rings. The number of nitrogens with zero attached hydrogens (tertiary/aromatic N) is 4. The quantitative estimate of drug-likeness (QED) is 0.482. The lowest BCUT2D eigenvalue weighted by Crippen LogP contribution is -2.37. The highest BCUT2D eigenvalue weighted by Gasteiger charge is 2.30. The number of methoxy groups -OCH3 is 1. The van der Waals surface area contributed by atoms with E-state index in [1.54, 1.807) is 0 Å². The van der Waals surface area contributed by atoms with Crippen molar-refractivity contribution in [2.75, 3.05) is 31.6 Å². The smallest absolute Gasteiger partial charge is 0.407 e. The number of amides is 2. The molecule has 10 heteroatoms. The summed E-state index contributed by atoms with van der Waals surface area (Å²) >= 11 is -1.51. The van der Waals surface area contributed by atoms with E-state index in [0.717, 1.165) is 38.6 Å². The van der Waals surface area contributed by atoms with E-state index in [0.29, 0.717) is 41.8 Å². The number of hydrogen-bond donors (Lipinski definition) is 1. The summed E-state index contributed by atoms with van der Waals surface area (Å²) in [5.74, 6) is 0.624. The summed E-state index contributed by atoms with van der Waals surface area (Å²) in [6.45, 7) is 10.0. The lowest BCUT2D eigenvalue weighted by atomic mass is 10.0. The Hall–Kier alpha value is -2.33. The minimum absolute atomic E-state index is 0.0620. The van der Waals surface area contributed by atoms with Crippen molar-refractivity contribution in [1.82, 2.24) is 15.2 Å². The molecule has 1 N–H and O–H groups in total. The van der Waals surface area contributed by atoms with Crippen LogP contribution in [0.4, 0.5) is 10.6 Å². The zero-order chi connectivity index (χ0) is 24.9. The van der Waals surface area contributed by atoms with Crippen LogP contribution in [0.2, 0.25) is 0 Å². The fourth-order valence-corrected chi connectivity index (χ4v) is 4.74. The number of carbonyl (C=O) groups excluding carboxylic acids is 2. The van der Waals surface area contributed by atoms with Crippen molar-refractivity contribution in [1.29, 1.82) is 0 Å². The first-order chi connectivity index (χ1) is 16.1. The number of ether oxygens (including phenoxy) is 1. The lowest BCUT2D eigenvalue weighted by molar-refractivity contribution is 0.0724. The molecule has 0 radical (unpaired) electrons. The van der Waals surface area contributed by atoms with Crippen molar-refractivity contribution >= 4 is 35.4 Å². The van der Waals surface area contributed by atoms with Crippen molar-refractivity contribution in [3.05, 3.63) is 22.9 Å². The van der Waals surface area contributed by atoms with Crippen molar-refractivity contribution in [2.45, 2.75) is 77.1 Å². The second kappa shape index (κ2) is 11.4. The van der Waals surface area contributed by atoms with Gasteiger partial charge in [0.1, 0.15) is 21.9 Å². The molecule has 3 heterocycles. The van der Waals surface area contributed by atoms with Crippen molar-refractivity contribution in [3.63, 3.8) is 0 Å². The van der Waals surface area contributed by atoms with E-state index in [9.17, 15) is 14.1 Å². The Bertz CT molecular complexity index is 911. The van der Waals surface area contributed by atoms with Crippen molar-refractivity contribution in [2.24, 2.45) is 4.40 Å². The van der Waals surface area contributed by atoms with Crippen LogP contribution in [-0.2, 0) is 22.6 Å². The van der Waals surface area contributed by atoms with Crippen LogP contribution in [0.5, 0.6) is 0 Å². The van der Waals surface area contributed by atoms with E-state index < -0.39 is 22.2 Å². The number of hydrogen-bond acceptors (Lipinski definition) is 7. The fraction of sp³-hybridized carbons (Fsp3) is 0.667. The van der Waals surface area contributed by atoms with E-state index in [2.05, 4.69) is 21.5 Å². The largest absolute Gasteiger partial charge is 0.591 e. The molecule has 0 spiro atoms. The van der Waals surface area contributed by atoms with E-state index >= 15 is 0 Å². The van der Waals surface area contributed by atoms with Crippen LogP contribution in [0.15, 0.2) is 10.5 Å². The Kier molecular flexibility index (Phi) is 8.81. The average Bonchev–Trinajstić information content (AvgIpc) is 3.25. The molecule has 2 saturated heterocycles. The minimum Gasteiger partial charge on any atom is -0.591 e. The number of alkyl carbamates (subject to hydrolysis) is 1. The molecule has 1 unspecified atom stereocenters. The maximum Gasteiger partial charge on any atom is 0.407 e. The SMILES string of the molecule is COC(=O)NCc1nc(N2CCC[C@H]2C)cc(C(=O)N2CCCCC2)c1C=N[S+]([O-])C(C)(C)C. The molecule has 2 aliphatic heterocycles. The van der Waals surface area contributed by atoms with Gasteiger partial charge in [-0.1, -0.05) is 4.40 Å². The second-order valence-electron chi connectivity index (χ2n) is 9.87. The number of aromatic nitrogens is 1. The summed E-state index contributed by atoms with van der Waals surface area (Å²) < 4.78 is 21.1. The predicted molar refractivity (Wildman–Crippen MR) is 135 cm³/mol. The van der Waals surface area contributed by atoms with Crippen molar-refractivity contribution in [3.8, 4) is 0 Å². The van der Waals surface area contributed by atoms with Crippen LogP contribution in [0.3, 0.4) is 0 Å². The van der Waals surface area contributed by atoms with Gasteiger partial charge in [-0.2, -0.15) is 0 Å². The van der Waals surface area contributed by atoms with Gasteiger partial charge in [-0.3, -0.25) is 4.79 Å². The number of carbonyl (C=O) groups is 2. The number of piperidine rings is 1. The molecule has 0 aliphatic carbocycles. The normalized spacial score (nSPS) is 20.0. The molecule has 3 rings (SSSR count). The van der Waals surface area contributed by atoms with Gasteiger partial charge in [-0.25, -0.2) is 9.78 Å². The number of likely N-dealkylation sites (tertiary alicyclic amines) is 1. The Morgan fingerprint density at radius 2 is 1.97 bits per heavy atom. The number of nitrogens with one attached hydrogen (secondary N) is 1. The first kappa shape index (κ1) is 26.3. The highest BCUT2D eigenvalue weighted by Crippen LogP contribution is 2.28. The lowest BCUT2D eigenvalue weighted by Gasteiger charge is -2.29. The Labute approximate surface area is 205 Å². The highest BCUT2D eigenvalue weighted by atomic mass is 32.2. The van der Waals surface area contributed by atoms with Gasteiger partial charge < -0.3 is 24.4 Å². The molecule has 9 nitrogen and oxygen atoms in total. The molecular formula is C24H37N5O4S. The average molecular weight is 492 g/mol. The summed E-state index contributed by atoms with van der Waals surface area (Å²) in [6.07, 6.45) is 6.07. The summed E-state index contributed by atoms with van der Waals surface area (Å²) in [5.41, 5.74) is 1.46. The number of rotatable bonds is 6. The Balaban J connectivity index is 2.10. The van der Waals surface area contributed by atoms with Gasteiger partial charge >= 0.3 is 6.09 Å². The third kappa shape index (κ3) is 6.41. The molecule has 2 atom stereocenters. The van der Waals surface area contributed by atoms with Crippen LogP contribution >= 0.6 is 0 Å². The first-order valence-corrected chi connectivity index (χ1v) is 13.1. The van der Waals surface area contributed by atoms with Crippen LogP contribution in [0.25, 0.3) is 0 Å². The standard InChI is InChI=1S/C24H37N5O4S/c1-17-10-9-13-29(17)21-14-18(22(30)28-11-7-6-8-12-28)19(15-26-34(32)24(2,3)4)20(27-21)16-25-23(31)33-5/h14-15,17H,6-13,16H2,1-5H3,(H,25,31)/t17-,34?/m1/s1. The number of pyridine rings is 1. The Morgan fingerprint density at radius 1 is 1.26 bits per heavy atom. The van der Waals surface area contributed by atoms with Crippen LogP contribution < -0.4 is 10.2 Å².